The average molecular weight is 318 g/mol. The van der Waals surface area contributed by atoms with Gasteiger partial charge < -0.3 is 11.1 Å². The van der Waals surface area contributed by atoms with Gasteiger partial charge in [-0.2, -0.15) is 0 Å². The second-order valence-electron chi connectivity index (χ2n) is 4.33. The largest absolute Gasteiger partial charge is 0.370 e. The Kier molecular flexibility index (Phi) is 6.58. The molecular weight excluding hydrogens is 298 g/mol. The Morgan fingerprint density at radius 2 is 2.29 bits per heavy atom. The zero-order valence-corrected chi connectivity index (χ0v) is 12.8. The number of rotatable bonds is 6. The highest BCUT2D eigenvalue weighted by Crippen LogP contribution is 2.21. The van der Waals surface area contributed by atoms with Gasteiger partial charge >= 0.3 is 0 Å². The molecule has 0 fully saturated rings. The Bertz CT molecular complexity index is 360. The molecule has 0 amide bonds. The summed E-state index contributed by atoms with van der Waals surface area (Å²) in [5.41, 5.74) is 5.76. The number of nitrogens with two attached hydrogens (primary N) is 1. The van der Waals surface area contributed by atoms with Gasteiger partial charge in [-0.05, 0) is 46.8 Å². The maximum atomic E-state index is 5.76. The van der Waals surface area contributed by atoms with Crippen LogP contribution in [0.5, 0.6) is 0 Å². The van der Waals surface area contributed by atoms with Gasteiger partial charge in [-0.15, -0.1) is 11.3 Å². The maximum Gasteiger partial charge on any atom is 0.188 e. The SMILES string of the molecule is CC(C)CCN=C(N)NCCc1ccc(Br)s1. The molecule has 0 bridgehead atoms. The fraction of sp³-hybridized carbons (Fsp3) is 0.583. The van der Waals surface area contributed by atoms with Crippen molar-refractivity contribution in [1.29, 1.82) is 0 Å². The Morgan fingerprint density at radius 1 is 1.53 bits per heavy atom. The first-order valence-electron chi connectivity index (χ1n) is 5.86. The summed E-state index contributed by atoms with van der Waals surface area (Å²) in [6, 6.07) is 4.20. The molecule has 0 aliphatic rings. The molecule has 1 rings (SSSR count). The van der Waals surface area contributed by atoms with E-state index in [1.165, 1.54) is 8.66 Å². The normalized spacial score (nSPS) is 12.1. The molecule has 0 unspecified atom stereocenters. The summed E-state index contributed by atoms with van der Waals surface area (Å²) >= 11 is 5.21. The zero-order valence-electron chi connectivity index (χ0n) is 10.4. The number of halogens is 1. The van der Waals surface area contributed by atoms with Crippen LogP contribution in [0.15, 0.2) is 20.9 Å². The van der Waals surface area contributed by atoms with Crippen molar-refractivity contribution in [2.24, 2.45) is 16.6 Å². The van der Waals surface area contributed by atoms with E-state index in [4.69, 9.17) is 5.73 Å². The van der Waals surface area contributed by atoms with Crippen LogP contribution in [0.3, 0.4) is 0 Å². The number of nitrogens with one attached hydrogen (secondary N) is 1. The first-order chi connectivity index (χ1) is 8.08. The van der Waals surface area contributed by atoms with E-state index in [1.54, 1.807) is 11.3 Å². The van der Waals surface area contributed by atoms with E-state index in [9.17, 15) is 0 Å². The van der Waals surface area contributed by atoms with Crippen molar-refractivity contribution in [3.8, 4) is 0 Å². The lowest BCUT2D eigenvalue weighted by Crippen LogP contribution is -2.33. The summed E-state index contributed by atoms with van der Waals surface area (Å²) in [5, 5.41) is 3.13. The standard InChI is InChI=1S/C12H20BrN3S/c1-9(2)5-7-15-12(14)16-8-6-10-3-4-11(13)17-10/h3-4,9H,5-8H2,1-2H3,(H3,14,15,16). The van der Waals surface area contributed by atoms with Crippen molar-refractivity contribution in [1.82, 2.24) is 5.32 Å². The van der Waals surface area contributed by atoms with Crippen molar-refractivity contribution in [3.05, 3.63) is 20.8 Å². The molecular formula is C12H20BrN3S. The summed E-state index contributed by atoms with van der Waals surface area (Å²) in [7, 11) is 0. The molecule has 5 heteroatoms. The van der Waals surface area contributed by atoms with E-state index < -0.39 is 0 Å². The molecule has 17 heavy (non-hydrogen) atoms. The maximum absolute atomic E-state index is 5.76. The van der Waals surface area contributed by atoms with Crippen LogP contribution in [0.1, 0.15) is 25.1 Å². The number of hydrogen-bond donors (Lipinski definition) is 2. The highest BCUT2D eigenvalue weighted by molar-refractivity contribution is 9.11. The second kappa shape index (κ2) is 7.71. The topological polar surface area (TPSA) is 50.4 Å². The molecule has 0 spiro atoms. The van der Waals surface area contributed by atoms with Gasteiger partial charge in [0.25, 0.3) is 0 Å². The Labute approximate surface area is 116 Å². The third-order valence-corrected chi connectivity index (χ3v) is 3.98. The first-order valence-corrected chi connectivity index (χ1v) is 7.47. The number of aliphatic imine (C=N–C) groups is 1. The van der Waals surface area contributed by atoms with Crippen molar-refractivity contribution in [2.45, 2.75) is 26.7 Å². The van der Waals surface area contributed by atoms with E-state index in [1.807, 2.05) is 0 Å². The molecule has 1 aromatic rings. The fourth-order valence-electron chi connectivity index (χ4n) is 1.30. The Hall–Kier alpha value is -0.550. The minimum atomic E-state index is 0.557. The van der Waals surface area contributed by atoms with Crippen LogP contribution in [0, 0.1) is 5.92 Å². The molecule has 0 aliphatic heterocycles. The van der Waals surface area contributed by atoms with E-state index in [0.29, 0.717) is 11.9 Å². The predicted molar refractivity (Wildman–Crippen MR) is 79.7 cm³/mol. The number of guanidine groups is 1. The van der Waals surface area contributed by atoms with Crippen LogP contribution in [0.25, 0.3) is 0 Å². The predicted octanol–water partition coefficient (Wildman–Crippen LogP) is 3.00. The lowest BCUT2D eigenvalue weighted by atomic mass is 10.1. The van der Waals surface area contributed by atoms with E-state index in [-0.39, 0.29) is 0 Å². The van der Waals surface area contributed by atoms with Crippen LogP contribution in [0.4, 0.5) is 0 Å². The molecule has 0 radical (unpaired) electrons. The van der Waals surface area contributed by atoms with E-state index >= 15 is 0 Å². The molecule has 0 aromatic carbocycles. The third kappa shape index (κ3) is 6.68. The summed E-state index contributed by atoms with van der Waals surface area (Å²) in [5.74, 6) is 1.23. The molecule has 3 nitrogen and oxygen atoms in total. The molecule has 1 aromatic heterocycles. The van der Waals surface area contributed by atoms with Gasteiger partial charge in [-0.25, -0.2) is 0 Å². The van der Waals surface area contributed by atoms with Gasteiger partial charge in [0.1, 0.15) is 0 Å². The Balaban J connectivity index is 2.17. The van der Waals surface area contributed by atoms with Crippen LogP contribution < -0.4 is 11.1 Å². The zero-order chi connectivity index (χ0) is 12.7. The average Bonchev–Trinajstić information content (AvgIpc) is 2.63. The first kappa shape index (κ1) is 14.5. The summed E-state index contributed by atoms with van der Waals surface area (Å²) in [6.45, 7) is 6.02. The Morgan fingerprint density at radius 3 is 2.88 bits per heavy atom. The minimum absolute atomic E-state index is 0.557. The smallest absolute Gasteiger partial charge is 0.188 e. The quantitative estimate of drug-likeness (QED) is 0.626. The van der Waals surface area contributed by atoms with Crippen molar-refractivity contribution < 1.29 is 0 Å². The number of thiophene rings is 1. The lowest BCUT2D eigenvalue weighted by Gasteiger charge is -2.05. The van der Waals surface area contributed by atoms with Crippen molar-refractivity contribution in [3.63, 3.8) is 0 Å². The summed E-state index contributed by atoms with van der Waals surface area (Å²) in [6.07, 6.45) is 2.07. The monoisotopic (exact) mass is 317 g/mol. The van der Waals surface area contributed by atoms with Crippen LogP contribution in [-0.4, -0.2) is 19.0 Å². The fourth-order valence-corrected chi connectivity index (χ4v) is 2.78. The van der Waals surface area contributed by atoms with E-state index in [2.05, 4.69) is 52.2 Å². The molecule has 0 atom stereocenters. The highest BCUT2D eigenvalue weighted by Gasteiger charge is 1.98. The van der Waals surface area contributed by atoms with Crippen LogP contribution in [0.2, 0.25) is 0 Å². The lowest BCUT2D eigenvalue weighted by molar-refractivity contribution is 0.595. The van der Waals surface area contributed by atoms with Crippen LogP contribution >= 0.6 is 27.3 Å². The third-order valence-electron chi connectivity index (χ3n) is 2.29. The molecule has 0 aliphatic carbocycles. The van der Waals surface area contributed by atoms with Crippen molar-refractivity contribution in [2.75, 3.05) is 13.1 Å². The summed E-state index contributed by atoms with van der Waals surface area (Å²) in [4.78, 5) is 5.62. The van der Waals surface area contributed by atoms with Gasteiger partial charge in [0.2, 0.25) is 0 Å². The molecule has 0 saturated heterocycles. The minimum Gasteiger partial charge on any atom is -0.370 e. The van der Waals surface area contributed by atoms with Gasteiger partial charge in [0.05, 0.1) is 3.79 Å². The molecule has 3 N–H and O–H groups in total. The van der Waals surface area contributed by atoms with Crippen LogP contribution in [-0.2, 0) is 6.42 Å². The summed E-state index contributed by atoms with van der Waals surface area (Å²) < 4.78 is 1.17. The van der Waals surface area contributed by atoms with Gasteiger partial charge in [-0.1, -0.05) is 13.8 Å². The molecule has 1 heterocycles. The molecule has 96 valence electrons. The second-order valence-corrected chi connectivity index (χ2v) is 6.88. The number of nitrogens with zero attached hydrogens (tertiary/aromatic N) is 1. The van der Waals surface area contributed by atoms with Gasteiger partial charge in [0.15, 0.2) is 5.96 Å². The van der Waals surface area contributed by atoms with E-state index in [0.717, 1.165) is 25.9 Å². The number of hydrogen-bond acceptors (Lipinski definition) is 2. The van der Waals surface area contributed by atoms with Gasteiger partial charge in [-0.3, -0.25) is 4.99 Å². The van der Waals surface area contributed by atoms with Gasteiger partial charge in [0, 0.05) is 18.0 Å². The highest BCUT2D eigenvalue weighted by atomic mass is 79.9. The molecule has 0 saturated carbocycles. The van der Waals surface area contributed by atoms with Crippen molar-refractivity contribution >= 4 is 33.2 Å².